The van der Waals surface area contributed by atoms with Crippen LogP contribution in [0.15, 0.2) is 6.07 Å². The number of nitrogens with one attached hydrogen (secondary N) is 1. The fraction of sp³-hybridized carbons (Fsp3) is 0.647. The van der Waals surface area contributed by atoms with Crippen molar-refractivity contribution in [3.05, 3.63) is 17.6 Å². The molecule has 1 aliphatic rings. The Hall–Kier alpha value is -2.38. The van der Waals surface area contributed by atoms with Crippen LogP contribution >= 0.6 is 0 Å². The molecule has 2 N–H and O–H groups in total. The molecule has 0 radical (unpaired) electrons. The van der Waals surface area contributed by atoms with E-state index in [0.29, 0.717) is 18.2 Å². The van der Waals surface area contributed by atoms with Gasteiger partial charge in [-0.1, -0.05) is 6.92 Å². The van der Waals surface area contributed by atoms with E-state index in [1.807, 2.05) is 24.8 Å². The maximum absolute atomic E-state index is 12.1. The van der Waals surface area contributed by atoms with Gasteiger partial charge in [-0.3, -0.25) is 0 Å². The summed E-state index contributed by atoms with van der Waals surface area (Å²) in [5.74, 6) is 0.239. The normalized spacial score (nSPS) is 20.4. The number of nitrogens with zero attached hydrogens (tertiary/aromatic N) is 3. The predicted octanol–water partition coefficient (Wildman–Crippen LogP) is 1.91. The van der Waals surface area contributed by atoms with E-state index in [9.17, 15) is 14.7 Å². The summed E-state index contributed by atoms with van der Waals surface area (Å²) in [7, 11) is 0. The Morgan fingerprint density at radius 1 is 1.40 bits per heavy atom. The van der Waals surface area contributed by atoms with Gasteiger partial charge in [0.25, 0.3) is 0 Å². The summed E-state index contributed by atoms with van der Waals surface area (Å²) in [4.78, 5) is 34.5. The molecule has 138 valence electrons. The first-order valence-corrected chi connectivity index (χ1v) is 8.39. The highest BCUT2D eigenvalue weighted by Crippen LogP contribution is 2.27. The Labute approximate surface area is 147 Å². The molecule has 0 bridgehead atoms. The minimum Gasteiger partial charge on any atom is -0.479 e. The van der Waals surface area contributed by atoms with E-state index in [1.165, 1.54) is 0 Å². The summed E-state index contributed by atoms with van der Waals surface area (Å²) < 4.78 is 5.21. The number of hydrogen-bond acceptors (Lipinski definition) is 6. The third-order valence-electron chi connectivity index (χ3n) is 3.98. The highest BCUT2D eigenvalue weighted by Gasteiger charge is 2.47. The van der Waals surface area contributed by atoms with Gasteiger partial charge < -0.3 is 20.1 Å². The Morgan fingerprint density at radius 2 is 2.08 bits per heavy atom. The van der Waals surface area contributed by atoms with Crippen molar-refractivity contribution in [2.24, 2.45) is 0 Å². The number of aryl methyl sites for hydroxylation is 2. The number of carboxylic acid groups (broad SMARTS) is 1. The zero-order valence-electron chi connectivity index (χ0n) is 15.4. The predicted molar refractivity (Wildman–Crippen MR) is 92.7 cm³/mol. The first-order valence-electron chi connectivity index (χ1n) is 8.39. The molecule has 1 unspecified atom stereocenters. The Bertz CT molecular complexity index is 671. The van der Waals surface area contributed by atoms with E-state index >= 15 is 0 Å². The van der Waals surface area contributed by atoms with E-state index in [0.717, 1.165) is 12.1 Å². The van der Waals surface area contributed by atoms with Crippen LogP contribution in [0.5, 0.6) is 0 Å². The molecule has 2 heterocycles. The second kappa shape index (κ2) is 6.85. The van der Waals surface area contributed by atoms with Crippen molar-refractivity contribution >= 4 is 17.9 Å². The van der Waals surface area contributed by atoms with Crippen molar-refractivity contribution < 1.29 is 19.4 Å². The third kappa shape index (κ3) is 4.58. The lowest BCUT2D eigenvalue weighted by Crippen LogP contribution is -2.57. The van der Waals surface area contributed by atoms with E-state index in [2.05, 4.69) is 15.3 Å². The number of carboxylic acids is 1. The summed E-state index contributed by atoms with van der Waals surface area (Å²) >= 11 is 0. The molecule has 1 saturated heterocycles. The number of rotatable bonds is 4. The number of carbonyl (C=O) groups excluding carboxylic acids is 1. The molecule has 8 nitrogen and oxygen atoms in total. The smallest absolute Gasteiger partial charge is 0.408 e. The van der Waals surface area contributed by atoms with Crippen LogP contribution in [0, 0.1) is 6.92 Å². The Morgan fingerprint density at radius 3 is 2.64 bits per heavy atom. The second-order valence-electron chi connectivity index (χ2n) is 7.30. The molecule has 0 spiro atoms. The van der Waals surface area contributed by atoms with Crippen LogP contribution in [0.3, 0.4) is 0 Å². The number of hydrogen-bond donors (Lipinski definition) is 2. The molecule has 1 aromatic rings. The van der Waals surface area contributed by atoms with E-state index in [4.69, 9.17) is 4.74 Å². The van der Waals surface area contributed by atoms with Crippen molar-refractivity contribution in [1.82, 2.24) is 15.3 Å². The second-order valence-corrected chi connectivity index (χ2v) is 7.30. The first-order chi connectivity index (χ1) is 11.5. The minimum atomic E-state index is -1.40. The topological polar surface area (TPSA) is 105 Å². The van der Waals surface area contributed by atoms with Gasteiger partial charge in [0.2, 0.25) is 0 Å². The lowest BCUT2D eigenvalue weighted by molar-refractivity contribution is -0.143. The standard InChI is InChI=1S/C17H26N4O4/c1-6-12-9-13(19-11(2)18-12)21-8-7-17(10-21,14(22)23)20-15(24)25-16(3,4)5/h9H,6-8,10H2,1-5H3,(H,20,24)(H,22,23). The van der Waals surface area contributed by atoms with E-state index in [-0.39, 0.29) is 13.0 Å². The van der Waals surface area contributed by atoms with E-state index < -0.39 is 23.2 Å². The van der Waals surface area contributed by atoms with Gasteiger partial charge in [-0.05, 0) is 34.1 Å². The molecule has 0 aromatic carbocycles. The van der Waals surface area contributed by atoms with Crippen LogP contribution < -0.4 is 10.2 Å². The molecule has 0 saturated carbocycles. The molecule has 8 heteroatoms. The Kier molecular flexibility index (Phi) is 5.20. The lowest BCUT2D eigenvalue weighted by Gasteiger charge is -2.28. The molecular weight excluding hydrogens is 324 g/mol. The monoisotopic (exact) mass is 350 g/mol. The van der Waals surface area contributed by atoms with Crippen molar-refractivity contribution in [3.63, 3.8) is 0 Å². The molecule has 2 rings (SSSR count). The minimum absolute atomic E-state index is 0.126. The van der Waals surface area contributed by atoms with Gasteiger partial charge in [0, 0.05) is 24.7 Å². The number of aromatic nitrogens is 2. The van der Waals surface area contributed by atoms with Crippen LogP contribution in [0.1, 0.15) is 45.6 Å². The summed E-state index contributed by atoms with van der Waals surface area (Å²) in [6, 6.07) is 1.86. The SMILES string of the molecule is CCc1cc(N2CCC(NC(=O)OC(C)(C)C)(C(=O)O)C2)nc(C)n1. The molecule has 1 aliphatic heterocycles. The summed E-state index contributed by atoms with van der Waals surface area (Å²) in [5, 5.41) is 12.2. The molecule has 1 fully saturated rings. The molecule has 1 atom stereocenters. The molecular formula is C17H26N4O4. The molecule has 25 heavy (non-hydrogen) atoms. The van der Waals surface area contributed by atoms with Gasteiger partial charge >= 0.3 is 12.1 Å². The largest absolute Gasteiger partial charge is 0.479 e. The summed E-state index contributed by atoms with van der Waals surface area (Å²) in [6.45, 7) is 9.61. The number of carbonyl (C=O) groups is 2. The van der Waals surface area contributed by atoms with Gasteiger partial charge in [0.15, 0.2) is 5.54 Å². The van der Waals surface area contributed by atoms with Crippen LogP contribution in [-0.4, -0.2) is 51.4 Å². The number of ether oxygens (including phenoxy) is 1. The van der Waals surface area contributed by atoms with Gasteiger partial charge in [0.05, 0.1) is 6.54 Å². The Balaban J connectivity index is 2.19. The van der Waals surface area contributed by atoms with Crippen LogP contribution in [-0.2, 0) is 16.0 Å². The lowest BCUT2D eigenvalue weighted by atomic mass is 9.99. The maximum Gasteiger partial charge on any atom is 0.408 e. The first kappa shape index (κ1) is 19.0. The highest BCUT2D eigenvalue weighted by atomic mass is 16.6. The number of aliphatic carboxylic acids is 1. The van der Waals surface area contributed by atoms with Crippen LogP contribution in [0.25, 0.3) is 0 Å². The van der Waals surface area contributed by atoms with Crippen LogP contribution in [0.2, 0.25) is 0 Å². The summed E-state index contributed by atoms with van der Waals surface area (Å²) in [5.41, 5.74) is -1.19. The van der Waals surface area contributed by atoms with E-state index in [1.54, 1.807) is 20.8 Å². The number of amides is 1. The zero-order chi connectivity index (χ0) is 18.8. The number of anilines is 1. The van der Waals surface area contributed by atoms with Gasteiger partial charge in [-0.2, -0.15) is 0 Å². The molecule has 1 aromatic heterocycles. The van der Waals surface area contributed by atoms with Gasteiger partial charge in [-0.25, -0.2) is 19.6 Å². The van der Waals surface area contributed by atoms with Gasteiger partial charge in [0.1, 0.15) is 17.2 Å². The van der Waals surface area contributed by atoms with Crippen molar-refractivity contribution in [2.75, 3.05) is 18.0 Å². The van der Waals surface area contributed by atoms with Gasteiger partial charge in [-0.15, -0.1) is 0 Å². The maximum atomic E-state index is 12.1. The fourth-order valence-corrected chi connectivity index (χ4v) is 2.79. The van der Waals surface area contributed by atoms with Crippen molar-refractivity contribution in [1.29, 1.82) is 0 Å². The highest BCUT2D eigenvalue weighted by molar-refractivity contribution is 5.86. The fourth-order valence-electron chi connectivity index (χ4n) is 2.79. The quantitative estimate of drug-likeness (QED) is 0.854. The zero-order valence-corrected chi connectivity index (χ0v) is 15.4. The van der Waals surface area contributed by atoms with Crippen LogP contribution in [0.4, 0.5) is 10.6 Å². The number of alkyl carbamates (subject to hydrolysis) is 1. The third-order valence-corrected chi connectivity index (χ3v) is 3.98. The average molecular weight is 350 g/mol. The molecule has 1 amide bonds. The summed E-state index contributed by atoms with van der Waals surface area (Å²) in [6.07, 6.45) is 0.307. The molecule has 0 aliphatic carbocycles. The van der Waals surface area contributed by atoms with Crippen molar-refractivity contribution in [2.45, 2.75) is 58.6 Å². The average Bonchev–Trinajstić information content (AvgIpc) is 2.90. The van der Waals surface area contributed by atoms with Crippen molar-refractivity contribution in [3.8, 4) is 0 Å².